The molecule has 0 amide bonds. The summed E-state index contributed by atoms with van der Waals surface area (Å²) in [6.45, 7) is 2.53. The summed E-state index contributed by atoms with van der Waals surface area (Å²) in [5.41, 5.74) is 1.82. The molecule has 8 nitrogen and oxygen atoms in total. The molecule has 132 valence electrons. The number of hydrogen-bond donors (Lipinski definition) is 2. The van der Waals surface area contributed by atoms with Crippen molar-refractivity contribution in [1.29, 1.82) is 0 Å². The normalized spacial score (nSPS) is 12.5. The molecule has 0 unspecified atom stereocenters. The Hall–Kier alpha value is -2.87. The van der Waals surface area contributed by atoms with Crippen LogP contribution in [-0.4, -0.2) is 36.4 Å². The minimum Gasteiger partial charge on any atom is -0.389 e. The predicted octanol–water partition coefficient (Wildman–Crippen LogP) is 0.215. The van der Waals surface area contributed by atoms with Crippen molar-refractivity contribution < 1.29 is 5.11 Å². The molecule has 3 rings (SSSR count). The van der Waals surface area contributed by atoms with Crippen molar-refractivity contribution in [3.8, 4) is 0 Å². The average molecular weight is 343 g/mol. The van der Waals surface area contributed by atoms with Crippen LogP contribution in [-0.2, 0) is 20.6 Å². The van der Waals surface area contributed by atoms with Crippen molar-refractivity contribution >= 4 is 16.9 Å². The second-order valence-corrected chi connectivity index (χ2v) is 6.18. The lowest BCUT2D eigenvalue weighted by molar-refractivity contribution is 0.168. The van der Waals surface area contributed by atoms with Crippen molar-refractivity contribution in [2.24, 2.45) is 14.1 Å². The van der Waals surface area contributed by atoms with E-state index in [4.69, 9.17) is 0 Å². The second kappa shape index (κ2) is 6.56. The molecule has 0 aliphatic rings. The minimum absolute atomic E-state index is 0.197. The van der Waals surface area contributed by atoms with Gasteiger partial charge >= 0.3 is 5.69 Å². The molecule has 25 heavy (non-hydrogen) atoms. The number of aromatic nitrogens is 4. The third-order valence-corrected chi connectivity index (χ3v) is 4.18. The summed E-state index contributed by atoms with van der Waals surface area (Å²) < 4.78 is 3.95. The van der Waals surface area contributed by atoms with Crippen molar-refractivity contribution in [2.45, 2.75) is 19.6 Å². The van der Waals surface area contributed by atoms with E-state index in [0.717, 1.165) is 15.8 Å². The summed E-state index contributed by atoms with van der Waals surface area (Å²) in [6, 6.07) is 7.86. The lowest BCUT2D eigenvalue weighted by Crippen LogP contribution is -2.38. The van der Waals surface area contributed by atoms with Gasteiger partial charge in [-0.05, 0) is 24.6 Å². The Morgan fingerprint density at radius 1 is 1.24 bits per heavy atom. The van der Waals surface area contributed by atoms with Gasteiger partial charge in [-0.15, -0.1) is 0 Å². The highest BCUT2D eigenvalue weighted by molar-refractivity contribution is 5.69. The maximum Gasteiger partial charge on any atom is 0.332 e. The van der Waals surface area contributed by atoms with E-state index in [-0.39, 0.29) is 6.54 Å². The third-order valence-electron chi connectivity index (χ3n) is 4.18. The monoisotopic (exact) mass is 343 g/mol. The molecule has 2 aromatic heterocycles. The molecule has 0 saturated carbocycles. The number of nitrogens with one attached hydrogen (secondary N) is 1. The van der Waals surface area contributed by atoms with Gasteiger partial charge in [0.05, 0.1) is 19.0 Å². The van der Waals surface area contributed by atoms with Crippen molar-refractivity contribution in [3.63, 3.8) is 0 Å². The van der Waals surface area contributed by atoms with Crippen LogP contribution in [0.15, 0.2) is 40.2 Å². The quantitative estimate of drug-likeness (QED) is 0.691. The van der Waals surface area contributed by atoms with Gasteiger partial charge in [0, 0.05) is 26.3 Å². The first-order chi connectivity index (χ1) is 11.9. The van der Waals surface area contributed by atoms with Gasteiger partial charge in [0.15, 0.2) is 11.2 Å². The molecular formula is C17H21N5O3. The van der Waals surface area contributed by atoms with Gasteiger partial charge in [0.25, 0.3) is 5.56 Å². The first-order valence-corrected chi connectivity index (χ1v) is 7.98. The van der Waals surface area contributed by atoms with Crippen LogP contribution < -0.4 is 16.6 Å². The van der Waals surface area contributed by atoms with E-state index in [1.54, 1.807) is 11.6 Å². The molecule has 0 fully saturated rings. The summed E-state index contributed by atoms with van der Waals surface area (Å²) in [4.78, 5) is 28.5. The molecule has 3 aromatic rings. The van der Waals surface area contributed by atoms with E-state index < -0.39 is 17.4 Å². The number of rotatable bonds is 5. The molecule has 0 aliphatic carbocycles. The summed E-state index contributed by atoms with van der Waals surface area (Å²) in [7, 11) is 2.99. The van der Waals surface area contributed by atoms with Crippen LogP contribution in [0.3, 0.4) is 0 Å². The Morgan fingerprint density at radius 2 is 2.00 bits per heavy atom. The van der Waals surface area contributed by atoms with Gasteiger partial charge in [-0.2, -0.15) is 0 Å². The van der Waals surface area contributed by atoms with E-state index in [0.29, 0.717) is 17.7 Å². The van der Waals surface area contributed by atoms with E-state index in [9.17, 15) is 14.7 Å². The van der Waals surface area contributed by atoms with Crippen LogP contribution in [0, 0.1) is 6.92 Å². The van der Waals surface area contributed by atoms with Crippen molar-refractivity contribution in [1.82, 2.24) is 18.7 Å². The average Bonchev–Trinajstić information content (AvgIpc) is 3.00. The SMILES string of the molecule is Cc1cccc(NC[C@H](O)Cn2cnc3c2c(=O)n(C)c(=O)n3C)c1. The Bertz CT molecular complexity index is 1030. The minimum atomic E-state index is -0.722. The summed E-state index contributed by atoms with van der Waals surface area (Å²) in [6.07, 6.45) is 0.751. The summed E-state index contributed by atoms with van der Waals surface area (Å²) in [5, 5.41) is 13.5. The number of benzene rings is 1. The number of hydrogen-bond acceptors (Lipinski definition) is 5. The van der Waals surface area contributed by atoms with Crippen LogP contribution in [0.1, 0.15) is 5.56 Å². The number of nitrogens with zero attached hydrogens (tertiary/aromatic N) is 4. The second-order valence-electron chi connectivity index (χ2n) is 6.18. The topological polar surface area (TPSA) is 94.1 Å². The first kappa shape index (κ1) is 17.0. The van der Waals surface area contributed by atoms with Gasteiger partial charge in [-0.3, -0.25) is 13.9 Å². The maximum atomic E-state index is 12.4. The fraction of sp³-hybridized carbons (Fsp3) is 0.353. The Labute approximate surface area is 144 Å². The Kier molecular flexibility index (Phi) is 4.45. The molecule has 0 bridgehead atoms. The Morgan fingerprint density at radius 3 is 2.72 bits per heavy atom. The Balaban J connectivity index is 1.81. The van der Waals surface area contributed by atoms with Gasteiger partial charge < -0.3 is 15.0 Å². The molecule has 2 heterocycles. The number of fused-ring (bicyclic) bond motifs is 1. The van der Waals surface area contributed by atoms with E-state index in [1.165, 1.54) is 17.9 Å². The number of imidazole rings is 1. The highest BCUT2D eigenvalue weighted by Crippen LogP contribution is 2.10. The van der Waals surface area contributed by atoms with Crippen molar-refractivity contribution in [2.75, 3.05) is 11.9 Å². The van der Waals surface area contributed by atoms with Gasteiger partial charge in [-0.1, -0.05) is 12.1 Å². The fourth-order valence-corrected chi connectivity index (χ4v) is 2.82. The van der Waals surface area contributed by atoms with Gasteiger partial charge in [0.1, 0.15) is 0 Å². The highest BCUT2D eigenvalue weighted by Gasteiger charge is 2.16. The summed E-state index contributed by atoms with van der Waals surface area (Å²) in [5.74, 6) is 0. The molecule has 8 heteroatoms. The van der Waals surface area contributed by atoms with Crippen LogP contribution in [0.25, 0.3) is 11.2 Å². The van der Waals surface area contributed by atoms with Crippen LogP contribution in [0.4, 0.5) is 5.69 Å². The molecule has 2 N–H and O–H groups in total. The van der Waals surface area contributed by atoms with Gasteiger partial charge in [-0.25, -0.2) is 9.78 Å². The van der Waals surface area contributed by atoms with Crippen LogP contribution in [0.5, 0.6) is 0 Å². The van der Waals surface area contributed by atoms with E-state index >= 15 is 0 Å². The smallest absolute Gasteiger partial charge is 0.332 e. The molecule has 0 spiro atoms. The molecule has 0 saturated heterocycles. The number of aryl methyl sites for hydroxylation is 2. The lowest BCUT2D eigenvalue weighted by atomic mass is 10.2. The number of aliphatic hydroxyl groups excluding tert-OH is 1. The zero-order valence-corrected chi connectivity index (χ0v) is 14.4. The maximum absolute atomic E-state index is 12.4. The highest BCUT2D eigenvalue weighted by atomic mass is 16.3. The first-order valence-electron chi connectivity index (χ1n) is 7.98. The number of aliphatic hydroxyl groups is 1. The predicted molar refractivity (Wildman–Crippen MR) is 95.9 cm³/mol. The summed E-state index contributed by atoms with van der Waals surface area (Å²) >= 11 is 0. The van der Waals surface area contributed by atoms with Crippen molar-refractivity contribution in [3.05, 3.63) is 57.0 Å². The van der Waals surface area contributed by atoms with Gasteiger partial charge in [0.2, 0.25) is 0 Å². The molecule has 0 radical (unpaired) electrons. The van der Waals surface area contributed by atoms with E-state index in [1.807, 2.05) is 31.2 Å². The molecular weight excluding hydrogens is 322 g/mol. The molecule has 1 aromatic carbocycles. The zero-order chi connectivity index (χ0) is 18.1. The molecule has 0 aliphatic heterocycles. The standard InChI is InChI=1S/C17H21N5O3/c1-11-5-4-6-12(7-11)18-8-13(23)9-22-10-19-15-14(22)16(24)21(3)17(25)20(15)2/h4-7,10,13,18,23H,8-9H2,1-3H3/t13-/m0/s1. The third kappa shape index (κ3) is 3.20. The lowest BCUT2D eigenvalue weighted by Gasteiger charge is -2.14. The van der Waals surface area contributed by atoms with Crippen LogP contribution >= 0.6 is 0 Å². The number of anilines is 1. The largest absolute Gasteiger partial charge is 0.389 e. The zero-order valence-electron chi connectivity index (χ0n) is 14.4. The van der Waals surface area contributed by atoms with Crippen LogP contribution in [0.2, 0.25) is 0 Å². The van der Waals surface area contributed by atoms with E-state index in [2.05, 4.69) is 10.3 Å². The molecule has 1 atom stereocenters. The fourth-order valence-electron chi connectivity index (χ4n) is 2.82.